The highest BCUT2D eigenvalue weighted by atomic mass is 16.5. The quantitative estimate of drug-likeness (QED) is 0.913. The molecule has 0 aliphatic heterocycles. The van der Waals surface area contributed by atoms with Crippen LogP contribution >= 0.6 is 0 Å². The molecule has 98 valence electrons. The Balaban J connectivity index is 1.86. The van der Waals surface area contributed by atoms with E-state index in [1.165, 1.54) is 0 Å². The van der Waals surface area contributed by atoms with Crippen LogP contribution < -0.4 is 10.1 Å². The van der Waals surface area contributed by atoms with Crippen LogP contribution in [-0.4, -0.2) is 22.6 Å². The first-order chi connectivity index (χ1) is 9.28. The normalized spacial score (nSPS) is 14.2. The number of nitrogens with zero attached hydrogens (tertiary/aromatic N) is 2. The minimum absolute atomic E-state index is 0.0775. The number of hydrogen-bond donors (Lipinski definition) is 1. The van der Waals surface area contributed by atoms with E-state index in [0.29, 0.717) is 11.4 Å². The van der Waals surface area contributed by atoms with E-state index in [-0.39, 0.29) is 11.8 Å². The Bertz CT molecular complexity index is 589. The van der Waals surface area contributed by atoms with Crippen molar-refractivity contribution in [1.82, 2.24) is 9.55 Å². The van der Waals surface area contributed by atoms with Crippen LogP contribution in [0.5, 0.6) is 5.75 Å². The maximum absolute atomic E-state index is 11.8. The van der Waals surface area contributed by atoms with Crippen molar-refractivity contribution >= 4 is 11.6 Å². The van der Waals surface area contributed by atoms with Crippen LogP contribution in [0.25, 0.3) is 5.69 Å². The summed E-state index contributed by atoms with van der Waals surface area (Å²) in [6, 6.07) is 5.66. The Morgan fingerprint density at radius 3 is 2.95 bits per heavy atom. The Morgan fingerprint density at radius 2 is 2.32 bits per heavy atom. The van der Waals surface area contributed by atoms with E-state index in [0.717, 1.165) is 18.5 Å². The van der Waals surface area contributed by atoms with Crippen LogP contribution in [-0.2, 0) is 4.79 Å². The Labute approximate surface area is 111 Å². The zero-order valence-corrected chi connectivity index (χ0v) is 10.7. The molecular weight excluding hydrogens is 242 g/mol. The van der Waals surface area contributed by atoms with E-state index < -0.39 is 0 Å². The molecule has 1 aromatic carbocycles. The van der Waals surface area contributed by atoms with Gasteiger partial charge in [-0.05, 0) is 25.0 Å². The predicted molar refractivity (Wildman–Crippen MR) is 71.5 cm³/mol. The first-order valence-electron chi connectivity index (χ1n) is 6.25. The third kappa shape index (κ3) is 2.45. The third-order valence-corrected chi connectivity index (χ3v) is 3.19. The summed E-state index contributed by atoms with van der Waals surface area (Å²) in [6.07, 6.45) is 7.27. The van der Waals surface area contributed by atoms with E-state index in [1.807, 2.05) is 29.0 Å². The zero-order valence-electron chi connectivity index (χ0n) is 10.7. The first kappa shape index (κ1) is 11.8. The Morgan fingerprint density at radius 1 is 1.47 bits per heavy atom. The molecule has 1 saturated carbocycles. The van der Waals surface area contributed by atoms with Crippen molar-refractivity contribution in [3.63, 3.8) is 0 Å². The van der Waals surface area contributed by atoms with E-state index in [1.54, 1.807) is 19.6 Å². The van der Waals surface area contributed by atoms with Crippen molar-refractivity contribution in [3.8, 4) is 11.4 Å². The number of anilines is 1. The van der Waals surface area contributed by atoms with Crippen LogP contribution in [0.4, 0.5) is 5.69 Å². The van der Waals surface area contributed by atoms with E-state index in [9.17, 15) is 4.79 Å². The molecule has 5 nitrogen and oxygen atoms in total. The minimum Gasteiger partial charge on any atom is -0.494 e. The average molecular weight is 257 g/mol. The van der Waals surface area contributed by atoms with Crippen molar-refractivity contribution < 1.29 is 9.53 Å². The number of amides is 1. The SMILES string of the molecule is COc1cc(-n2ccnc2)ccc1NC(=O)C1CC1. The highest BCUT2D eigenvalue weighted by Gasteiger charge is 2.30. The molecule has 0 radical (unpaired) electrons. The number of aromatic nitrogens is 2. The summed E-state index contributed by atoms with van der Waals surface area (Å²) >= 11 is 0. The van der Waals surface area contributed by atoms with E-state index in [2.05, 4.69) is 10.3 Å². The molecule has 2 aromatic rings. The molecule has 1 N–H and O–H groups in total. The molecule has 1 heterocycles. The van der Waals surface area contributed by atoms with Crippen LogP contribution in [0, 0.1) is 5.92 Å². The Hall–Kier alpha value is -2.30. The molecule has 0 saturated heterocycles. The molecule has 1 fully saturated rings. The smallest absolute Gasteiger partial charge is 0.227 e. The van der Waals surface area contributed by atoms with Crippen molar-refractivity contribution in [2.24, 2.45) is 5.92 Å². The lowest BCUT2D eigenvalue weighted by molar-refractivity contribution is -0.117. The zero-order chi connectivity index (χ0) is 13.2. The van der Waals surface area contributed by atoms with Gasteiger partial charge in [0.15, 0.2) is 0 Å². The molecule has 5 heteroatoms. The number of imidazole rings is 1. The van der Waals surface area contributed by atoms with Gasteiger partial charge in [-0.1, -0.05) is 0 Å². The molecule has 3 rings (SSSR count). The lowest BCUT2D eigenvalue weighted by Gasteiger charge is -2.12. The van der Waals surface area contributed by atoms with E-state index in [4.69, 9.17) is 4.74 Å². The number of carbonyl (C=O) groups is 1. The second-order valence-corrected chi connectivity index (χ2v) is 4.62. The lowest BCUT2D eigenvalue weighted by Crippen LogP contribution is -2.14. The van der Waals surface area contributed by atoms with Crippen molar-refractivity contribution in [3.05, 3.63) is 36.9 Å². The molecule has 0 bridgehead atoms. The molecule has 1 aliphatic carbocycles. The monoisotopic (exact) mass is 257 g/mol. The maximum Gasteiger partial charge on any atom is 0.227 e. The summed E-state index contributed by atoms with van der Waals surface area (Å²) in [6.45, 7) is 0. The third-order valence-electron chi connectivity index (χ3n) is 3.19. The molecular formula is C14H15N3O2. The second-order valence-electron chi connectivity index (χ2n) is 4.62. The average Bonchev–Trinajstić information content (AvgIpc) is 3.15. The summed E-state index contributed by atoms with van der Waals surface area (Å²) in [5.41, 5.74) is 1.65. The predicted octanol–water partition coefficient (Wildman–Crippen LogP) is 2.23. The number of benzene rings is 1. The summed E-state index contributed by atoms with van der Waals surface area (Å²) < 4.78 is 7.22. The van der Waals surface area contributed by atoms with Crippen LogP contribution in [0.3, 0.4) is 0 Å². The van der Waals surface area contributed by atoms with Gasteiger partial charge >= 0.3 is 0 Å². The van der Waals surface area contributed by atoms with E-state index >= 15 is 0 Å². The minimum atomic E-state index is 0.0775. The molecule has 1 aromatic heterocycles. The topological polar surface area (TPSA) is 56.1 Å². The second kappa shape index (κ2) is 4.76. The van der Waals surface area contributed by atoms with Gasteiger partial charge in [0.2, 0.25) is 5.91 Å². The van der Waals surface area contributed by atoms with Crippen LogP contribution in [0.1, 0.15) is 12.8 Å². The van der Waals surface area contributed by atoms with Crippen LogP contribution in [0.15, 0.2) is 36.9 Å². The Kier molecular flexibility index (Phi) is 2.95. The number of rotatable bonds is 4. The fourth-order valence-corrected chi connectivity index (χ4v) is 1.94. The van der Waals surface area contributed by atoms with Gasteiger partial charge in [-0.25, -0.2) is 4.98 Å². The van der Waals surface area contributed by atoms with Gasteiger partial charge in [0.1, 0.15) is 5.75 Å². The van der Waals surface area contributed by atoms with Gasteiger partial charge < -0.3 is 14.6 Å². The van der Waals surface area contributed by atoms with Gasteiger partial charge in [-0.3, -0.25) is 4.79 Å². The molecule has 19 heavy (non-hydrogen) atoms. The number of methoxy groups -OCH3 is 1. The fraction of sp³-hybridized carbons (Fsp3) is 0.286. The lowest BCUT2D eigenvalue weighted by atomic mass is 10.2. The summed E-state index contributed by atoms with van der Waals surface area (Å²) in [5.74, 6) is 0.909. The standard InChI is InChI=1S/C14H15N3O2/c1-19-13-8-11(17-7-6-15-9-17)4-5-12(13)16-14(18)10-2-3-10/h4-10H,2-3H2,1H3,(H,16,18). The number of ether oxygens (including phenoxy) is 1. The number of nitrogens with one attached hydrogen (secondary N) is 1. The first-order valence-corrected chi connectivity index (χ1v) is 6.25. The molecule has 1 aliphatic rings. The molecule has 1 amide bonds. The summed E-state index contributed by atoms with van der Waals surface area (Å²) in [5, 5.41) is 2.91. The van der Waals surface area contributed by atoms with Crippen molar-refractivity contribution in [2.45, 2.75) is 12.8 Å². The van der Waals surface area contributed by atoms with Crippen molar-refractivity contribution in [1.29, 1.82) is 0 Å². The summed E-state index contributed by atoms with van der Waals surface area (Å²) in [7, 11) is 1.60. The highest BCUT2D eigenvalue weighted by Crippen LogP contribution is 2.33. The van der Waals surface area contributed by atoms with Gasteiger partial charge in [0.05, 0.1) is 24.8 Å². The van der Waals surface area contributed by atoms with Crippen molar-refractivity contribution in [2.75, 3.05) is 12.4 Å². The number of carbonyl (C=O) groups excluding carboxylic acids is 1. The largest absolute Gasteiger partial charge is 0.494 e. The number of hydrogen-bond acceptors (Lipinski definition) is 3. The van der Waals surface area contributed by atoms with Gasteiger partial charge in [-0.15, -0.1) is 0 Å². The van der Waals surface area contributed by atoms with Gasteiger partial charge in [-0.2, -0.15) is 0 Å². The van der Waals surface area contributed by atoms with Gasteiger partial charge in [0.25, 0.3) is 0 Å². The maximum atomic E-state index is 11.8. The van der Waals surface area contributed by atoms with Gasteiger partial charge in [0, 0.05) is 24.4 Å². The highest BCUT2D eigenvalue weighted by molar-refractivity contribution is 5.95. The molecule has 0 unspecified atom stereocenters. The summed E-state index contributed by atoms with van der Waals surface area (Å²) in [4.78, 5) is 15.8. The van der Waals surface area contributed by atoms with Crippen LogP contribution in [0.2, 0.25) is 0 Å². The molecule has 0 atom stereocenters. The molecule has 0 spiro atoms. The fourth-order valence-electron chi connectivity index (χ4n) is 1.94.